The van der Waals surface area contributed by atoms with Gasteiger partial charge in [-0.2, -0.15) is 0 Å². The molecule has 5 heteroatoms. The summed E-state index contributed by atoms with van der Waals surface area (Å²) in [5, 5.41) is 5.57. The normalized spacial score (nSPS) is 16.5. The van der Waals surface area contributed by atoms with E-state index in [1.807, 2.05) is 13.8 Å². The molecule has 0 aliphatic heterocycles. The molecular weight excluding hydrogens is 268 g/mol. The van der Waals surface area contributed by atoms with Gasteiger partial charge in [0.05, 0.1) is 0 Å². The fraction of sp³-hybridized carbons (Fsp3) is 0.875. The van der Waals surface area contributed by atoms with Crippen LogP contribution in [0.4, 0.5) is 4.79 Å². The Balaban J connectivity index is 2.35. The minimum Gasteiger partial charge on any atom is -0.444 e. The maximum Gasteiger partial charge on any atom is 0.408 e. The number of ether oxygens (including phenoxy) is 1. The first-order valence-corrected chi connectivity index (χ1v) is 7.96. The molecule has 1 saturated carbocycles. The summed E-state index contributed by atoms with van der Waals surface area (Å²) < 4.78 is 5.20. The zero-order valence-corrected chi connectivity index (χ0v) is 14.0. The van der Waals surface area contributed by atoms with Gasteiger partial charge in [0, 0.05) is 6.54 Å². The third kappa shape index (κ3) is 7.93. The summed E-state index contributed by atoms with van der Waals surface area (Å²) in [7, 11) is 0. The second-order valence-corrected chi connectivity index (χ2v) is 7.24. The number of nitrogens with one attached hydrogen (secondary N) is 2. The minimum absolute atomic E-state index is 0.0148. The molecular formula is C16H30N2O3. The highest BCUT2D eigenvalue weighted by atomic mass is 16.6. The molecule has 0 radical (unpaired) electrons. The second kappa shape index (κ2) is 7.66. The van der Waals surface area contributed by atoms with Crippen molar-refractivity contribution >= 4 is 12.0 Å². The lowest BCUT2D eigenvalue weighted by molar-refractivity contribution is -0.124. The van der Waals surface area contributed by atoms with Gasteiger partial charge in [0.1, 0.15) is 11.6 Å². The molecule has 0 aromatic heterocycles. The predicted molar refractivity (Wildman–Crippen MR) is 83.0 cm³/mol. The third-order valence-electron chi connectivity index (χ3n) is 3.41. The van der Waals surface area contributed by atoms with Crippen LogP contribution in [0.1, 0.15) is 60.3 Å². The number of carbonyl (C=O) groups excluding carboxylic acids is 2. The van der Waals surface area contributed by atoms with E-state index >= 15 is 0 Å². The molecule has 0 heterocycles. The summed E-state index contributed by atoms with van der Waals surface area (Å²) in [4.78, 5) is 24.0. The van der Waals surface area contributed by atoms with E-state index in [9.17, 15) is 9.59 Å². The molecule has 1 rings (SSSR count). The van der Waals surface area contributed by atoms with Crippen molar-refractivity contribution in [2.75, 3.05) is 6.54 Å². The van der Waals surface area contributed by atoms with E-state index < -0.39 is 17.7 Å². The molecule has 0 spiro atoms. The molecule has 0 saturated heterocycles. The first-order chi connectivity index (χ1) is 9.69. The van der Waals surface area contributed by atoms with Crippen molar-refractivity contribution in [2.45, 2.75) is 71.9 Å². The number of amides is 2. The van der Waals surface area contributed by atoms with Crippen molar-refractivity contribution in [3.8, 4) is 0 Å². The fourth-order valence-electron chi connectivity index (χ4n) is 2.09. The van der Waals surface area contributed by atoms with Gasteiger partial charge >= 0.3 is 6.09 Å². The largest absolute Gasteiger partial charge is 0.444 e. The quantitative estimate of drug-likeness (QED) is 0.710. The topological polar surface area (TPSA) is 67.4 Å². The molecule has 1 aliphatic carbocycles. The first-order valence-electron chi connectivity index (χ1n) is 7.96. The van der Waals surface area contributed by atoms with Gasteiger partial charge in [-0.3, -0.25) is 4.79 Å². The van der Waals surface area contributed by atoms with E-state index in [4.69, 9.17) is 4.74 Å². The highest BCUT2D eigenvalue weighted by molar-refractivity contribution is 5.85. The van der Waals surface area contributed by atoms with Gasteiger partial charge in [-0.15, -0.1) is 0 Å². The highest BCUT2D eigenvalue weighted by Gasteiger charge is 2.27. The molecule has 5 nitrogen and oxygen atoms in total. The molecule has 0 aromatic rings. The molecule has 1 aliphatic rings. The van der Waals surface area contributed by atoms with Crippen LogP contribution in [0.3, 0.4) is 0 Å². The Kier molecular flexibility index (Phi) is 6.49. The Morgan fingerprint density at radius 1 is 1.24 bits per heavy atom. The second-order valence-electron chi connectivity index (χ2n) is 7.24. The number of carbonyl (C=O) groups is 2. The van der Waals surface area contributed by atoms with Crippen LogP contribution in [0.25, 0.3) is 0 Å². The molecule has 2 amide bonds. The smallest absolute Gasteiger partial charge is 0.408 e. The predicted octanol–water partition coefficient (Wildman–Crippen LogP) is 2.84. The minimum atomic E-state index is -0.563. The lowest BCUT2D eigenvalue weighted by Gasteiger charge is -2.25. The summed E-state index contributed by atoms with van der Waals surface area (Å²) in [6.45, 7) is 9.89. The molecule has 21 heavy (non-hydrogen) atoms. The highest BCUT2D eigenvalue weighted by Crippen LogP contribution is 2.33. The Morgan fingerprint density at radius 3 is 2.33 bits per heavy atom. The van der Waals surface area contributed by atoms with Gasteiger partial charge in [-0.1, -0.05) is 26.7 Å². The van der Waals surface area contributed by atoms with E-state index in [0.29, 0.717) is 6.54 Å². The van der Waals surface area contributed by atoms with Crippen molar-refractivity contribution in [1.82, 2.24) is 10.6 Å². The molecule has 122 valence electrons. The van der Waals surface area contributed by atoms with Gasteiger partial charge in [0.25, 0.3) is 0 Å². The van der Waals surface area contributed by atoms with E-state index in [1.165, 1.54) is 19.3 Å². The Morgan fingerprint density at radius 2 is 1.86 bits per heavy atom. The van der Waals surface area contributed by atoms with E-state index in [2.05, 4.69) is 10.6 Å². The molecule has 2 N–H and O–H groups in total. The third-order valence-corrected chi connectivity index (χ3v) is 3.41. The van der Waals surface area contributed by atoms with Crippen molar-refractivity contribution < 1.29 is 14.3 Å². The van der Waals surface area contributed by atoms with Crippen LogP contribution in [-0.4, -0.2) is 30.2 Å². The van der Waals surface area contributed by atoms with Crippen LogP contribution >= 0.6 is 0 Å². The summed E-state index contributed by atoms with van der Waals surface area (Å²) >= 11 is 0. The number of rotatable bonds is 7. The average molecular weight is 298 g/mol. The van der Waals surface area contributed by atoms with Gasteiger partial charge in [-0.25, -0.2) is 4.79 Å². The maximum absolute atomic E-state index is 12.2. The van der Waals surface area contributed by atoms with Gasteiger partial charge in [0.2, 0.25) is 5.91 Å². The monoisotopic (exact) mass is 298 g/mol. The average Bonchev–Trinajstić information content (AvgIpc) is 3.12. The van der Waals surface area contributed by atoms with Gasteiger partial charge < -0.3 is 15.4 Å². The van der Waals surface area contributed by atoms with Crippen molar-refractivity contribution in [3.63, 3.8) is 0 Å². The maximum atomic E-state index is 12.2. The number of hydrogen-bond donors (Lipinski definition) is 2. The summed E-state index contributed by atoms with van der Waals surface area (Å²) in [6.07, 6.45) is 4.32. The lowest BCUT2D eigenvalue weighted by Crippen LogP contribution is -2.51. The number of hydrogen-bond acceptors (Lipinski definition) is 3. The first kappa shape index (κ1) is 17.8. The van der Waals surface area contributed by atoms with Crippen LogP contribution in [-0.2, 0) is 9.53 Å². The Hall–Kier alpha value is -1.26. The molecule has 1 fully saturated rings. The molecule has 1 unspecified atom stereocenters. The van der Waals surface area contributed by atoms with Crippen LogP contribution in [0.5, 0.6) is 0 Å². The van der Waals surface area contributed by atoms with E-state index in [0.717, 1.165) is 12.3 Å². The molecule has 0 bridgehead atoms. The van der Waals surface area contributed by atoms with Crippen molar-refractivity contribution in [3.05, 3.63) is 0 Å². The van der Waals surface area contributed by atoms with Crippen LogP contribution in [0.2, 0.25) is 0 Å². The Bertz CT molecular complexity index is 357. The van der Waals surface area contributed by atoms with E-state index in [-0.39, 0.29) is 11.8 Å². The zero-order chi connectivity index (χ0) is 16.0. The van der Waals surface area contributed by atoms with E-state index in [1.54, 1.807) is 20.8 Å². The van der Waals surface area contributed by atoms with Gasteiger partial charge in [-0.05, 0) is 45.4 Å². The molecule has 0 aromatic carbocycles. The summed E-state index contributed by atoms with van der Waals surface area (Å²) in [5.41, 5.74) is -0.563. The van der Waals surface area contributed by atoms with Crippen LogP contribution in [0.15, 0.2) is 0 Å². The number of alkyl carbamates (subject to hydrolysis) is 1. The van der Waals surface area contributed by atoms with Crippen molar-refractivity contribution in [2.24, 2.45) is 11.8 Å². The summed E-state index contributed by atoms with van der Waals surface area (Å²) in [5.74, 6) is 0.760. The summed E-state index contributed by atoms with van der Waals surface area (Å²) in [6, 6.07) is -0.555. The standard InChI is InChI=1S/C16H30N2O3/c1-11(2)13(18-15(20)21-16(3,4)5)14(19)17-10-6-7-12-8-9-12/h11-13H,6-10H2,1-5H3,(H,17,19)(H,18,20). The van der Waals surface area contributed by atoms with Crippen LogP contribution in [0, 0.1) is 11.8 Å². The zero-order valence-electron chi connectivity index (χ0n) is 14.0. The Labute approximate surface area is 128 Å². The van der Waals surface area contributed by atoms with Crippen LogP contribution < -0.4 is 10.6 Å². The molecule has 1 atom stereocenters. The lowest BCUT2D eigenvalue weighted by atomic mass is 10.0. The SMILES string of the molecule is CC(C)C(NC(=O)OC(C)(C)C)C(=O)NCCCC1CC1. The van der Waals surface area contributed by atoms with Gasteiger partial charge in [0.15, 0.2) is 0 Å². The fourth-order valence-corrected chi connectivity index (χ4v) is 2.09. The van der Waals surface area contributed by atoms with Crippen molar-refractivity contribution in [1.29, 1.82) is 0 Å².